The zero-order valence-corrected chi connectivity index (χ0v) is 9.30. The van der Waals surface area contributed by atoms with Crippen molar-refractivity contribution < 1.29 is 19.7 Å². The maximum Gasteiger partial charge on any atom is 0.335 e. The molecule has 2 aromatic rings. The van der Waals surface area contributed by atoms with Crippen molar-refractivity contribution in [3.63, 3.8) is 0 Å². The van der Waals surface area contributed by atoms with Gasteiger partial charge in [-0.25, -0.2) is 9.36 Å². The lowest BCUT2D eigenvalue weighted by atomic mass is 10.3. The van der Waals surface area contributed by atoms with Crippen LogP contribution in [-0.4, -0.2) is 24.9 Å². The molecule has 8 heteroatoms. The Morgan fingerprint density at radius 1 is 1.33 bits per heavy atom. The third-order valence-corrected chi connectivity index (χ3v) is 2.39. The second-order valence-electron chi connectivity index (χ2n) is 3.63. The van der Waals surface area contributed by atoms with Gasteiger partial charge in [-0.05, 0) is 6.92 Å². The number of aromatic nitrogens is 2. The van der Waals surface area contributed by atoms with Crippen LogP contribution >= 0.6 is 0 Å². The van der Waals surface area contributed by atoms with Crippen LogP contribution in [0.3, 0.4) is 0 Å². The van der Waals surface area contributed by atoms with Gasteiger partial charge in [0, 0.05) is 11.8 Å². The van der Waals surface area contributed by atoms with E-state index in [4.69, 9.17) is 9.52 Å². The SMILES string of the molecule is Cc1cn(-c2oc(CO)c(O)c2O)c(=O)[nH]c1=O. The second kappa shape index (κ2) is 4.08. The Bertz CT molecular complexity index is 708. The van der Waals surface area contributed by atoms with Crippen molar-refractivity contribution in [3.8, 4) is 17.4 Å². The van der Waals surface area contributed by atoms with E-state index in [2.05, 4.69) is 0 Å². The Hall–Kier alpha value is -2.48. The van der Waals surface area contributed by atoms with E-state index in [1.54, 1.807) is 0 Å². The number of aryl methyl sites for hydroxylation is 1. The topological polar surface area (TPSA) is 129 Å². The predicted molar refractivity (Wildman–Crippen MR) is 58.9 cm³/mol. The first-order valence-electron chi connectivity index (χ1n) is 4.93. The summed E-state index contributed by atoms with van der Waals surface area (Å²) >= 11 is 0. The fourth-order valence-electron chi connectivity index (χ4n) is 1.43. The van der Waals surface area contributed by atoms with Crippen LogP contribution in [0.25, 0.3) is 5.88 Å². The molecule has 2 rings (SSSR count). The fraction of sp³-hybridized carbons (Fsp3) is 0.200. The van der Waals surface area contributed by atoms with E-state index < -0.39 is 29.4 Å². The van der Waals surface area contributed by atoms with E-state index in [-0.39, 0.29) is 17.2 Å². The van der Waals surface area contributed by atoms with Crippen molar-refractivity contribution in [2.75, 3.05) is 0 Å². The third-order valence-electron chi connectivity index (χ3n) is 2.39. The van der Waals surface area contributed by atoms with Crippen LogP contribution in [0.2, 0.25) is 0 Å². The van der Waals surface area contributed by atoms with Gasteiger partial charge in [0.05, 0.1) is 0 Å². The zero-order chi connectivity index (χ0) is 13.4. The average Bonchev–Trinajstić information content (AvgIpc) is 2.61. The van der Waals surface area contributed by atoms with E-state index in [1.807, 2.05) is 4.98 Å². The summed E-state index contributed by atoms with van der Waals surface area (Å²) in [5.41, 5.74) is -1.18. The highest BCUT2D eigenvalue weighted by atomic mass is 16.4. The van der Waals surface area contributed by atoms with Gasteiger partial charge in [-0.1, -0.05) is 0 Å². The lowest BCUT2D eigenvalue weighted by Gasteiger charge is -2.02. The molecule has 0 aromatic carbocycles. The number of nitrogens with zero attached hydrogens (tertiary/aromatic N) is 1. The number of furan rings is 1. The van der Waals surface area contributed by atoms with Crippen LogP contribution in [0, 0.1) is 6.92 Å². The monoisotopic (exact) mass is 254 g/mol. The molecule has 96 valence electrons. The van der Waals surface area contributed by atoms with Crippen LogP contribution in [0.4, 0.5) is 0 Å². The molecule has 0 spiro atoms. The average molecular weight is 254 g/mol. The number of nitrogens with one attached hydrogen (secondary N) is 1. The third kappa shape index (κ3) is 1.68. The minimum absolute atomic E-state index is 0.218. The normalized spacial score (nSPS) is 10.8. The highest BCUT2D eigenvalue weighted by molar-refractivity contribution is 5.51. The van der Waals surface area contributed by atoms with Crippen molar-refractivity contribution in [2.45, 2.75) is 13.5 Å². The molecule has 2 aromatic heterocycles. The lowest BCUT2D eigenvalue weighted by Crippen LogP contribution is -2.29. The molecule has 0 amide bonds. The molecule has 0 aliphatic carbocycles. The Balaban J connectivity index is 2.74. The number of aromatic amines is 1. The molecule has 8 nitrogen and oxygen atoms in total. The lowest BCUT2D eigenvalue weighted by molar-refractivity contribution is 0.238. The molecule has 4 N–H and O–H groups in total. The van der Waals surface area contributed by atoms with Crippen LogP contribution < -0.4 is 11.2 Å². The van der Waals surface area contributed by atoms with Crippen molar-refractivity contribution in [2.24, 2.45) is 0 Å². The molecule has 18 heavy (non-hydrogen) atoms. The number of aromatic hydroxyl groups is 2. The highest BCUT2D eigenvalue weighted by Gasteiger charge is 2.21. The first kappa shape index (κ1) is 12.0. The van der Waals surface area contributed by atoms with Crippen molar-refractivity contribution in [3.05, 3.63) is 38.4 Å². The summed E-state index contributed by atoms with van der Waals surface area (Å²) in [4.78, 5) is 24.7. The quantitative estimate of drug-likeness (QED) is 0.562. The molecule has 0 aliphatic rings. The highest BCUT2D eigenvalue weighted by Crippen LogP contribution is 2.37. The van der Waals surface area contributed by atoms with Gasteiger partial charge in [0.15, 0.2) is 5.76 Å². The number of rotatable bonds is 2. The van der Waals surface area contributed by atoms with Gasteiger partial charge in [0.2, 0.25) is 11.5 Å². The molecule has 0 aliphatic heterocycles. The number of hydrogen-bond acceptors (Lipinski definition) is 6. The van der Waals surface area contributed by atoms with Gasteiger partial charge in [0.25, 0.3) is 11.4 Å². The van der Waals surface area contributed by atoms with Gasteiger partial charge >= 0.3 is 5.69 Å². The minimum atomic E-state index is -0.834. The molecule has 0 atom stereocenters. The minimum Gasteiger partial charge on any atom is -0.502 e. The maximum absolute atomic E-state index is 11.5. The van der Waals surface area contributed by atoms with Crippen LogP contribution in [0.15, 0.2) is 20.2 Å². The summed E-state index contributed by atoms with van der Waals surface area (Å²) in [6.45, 7) is 0.818. The van der Waals surface area contributed by atoms with E-state index in [1.165, 1.54) is 6.92 Å². The largest absolute Gasteiger partial charge is 0.502 e. The Morgan fingerprint density at radius 3 is 2.56 bits per heavy atom. The number of aliphatic hydroxyl groups excluding tert-OH is 1. The molecule has 0 bridgehead atoms. The van der Waals surface area contributed by atoms with Gasteiger partial charge in [-0.2, -0.15) is 0 Å². The Labute approximate surface area is 99.4 Å². The van der Waals surface area contributed by atoms with Gasteiger partial charge < -0.3 is 19.7 Å². The van der Waals surface area contributed by atoms with Crippen molar-refractivity contribution >= 4 is 0 Å². The Morgan fingerprint density at radius 2 is 2.00 bits per heavy atom. The summed E-state index contributed by atoms with van der Waals surface area (Å²) in [7, 11) is 0. The number of hydrogen-bond donors (Lipinski definition) is 4. The molecule has 0 saturated carbocycles. The fourth-order valence-corrected chi connectivity index (χ4v) is 1.43. The number of aliphatic hydroxyl groups is 1. The summed E-state index contributed by atoms with van der Waals surface area (Å²) in [6.07, 6.45) is 1.15. The second-order valence-corrected chi connectivity index (χ2v) is 3.63. The van der Waals surface area contributed by atoms with Crippen LogP contribution in [0.1, 0.15) is 11.3 Å². The predicted octanol–water partition coefficient (Wildman–Crippen LogP) is -0.669. The molecule has 0 unspecified atom stereocenters. The molecule has 2 heterocycles. The summed E-state index contributed by atoms with van der Waals surface area (Å²) < 4.78 is 5.77. The van der Waals surface area contributed by atoms with Crippen molar-refractivity contribution in [1.82, 2.24) is 9.55 Å². The Kier molecular flexibility index (Phi) is 2.71. The molecule has 0 saturated heterocycles. The zero-order valence-electron chi connectivity index (χ0n) is 9.30. The van der Waals surface area contributed by atoms with Gasteiger partial charge in [0.1, 0.15) is 6.61 Å². The molecule has 0 radical (unpaired) electrons. The summed E-state index contributed by atoms with van der Waals surface area (Å²) in [5, 5.41) is 27.8. The van der Waals surface area contributed by atoms with E-state index in [0.717, 1.165) is 10.8 Å². The van der Waals surface area contributed by atoms with Crippen LogP contribution in [0.5, 0.6) is 11.5 Å². The van der Waals surface area contributed by atoms with E-state index in [9.17, 15) is 19.8 Å². The summed E-state index contributed by atoms with van der Waals surface area (Å²) in [6, 6.07) is 0. The van der Waals surface area contributed by atoms with E-state index in [0.29, 0.717) is 0 Å². The van der Waals surface area contributed by atoms with Gasteiger partial charge in [-0.3, -0.25) is 9.78 Å². The molecule has 0 fully saturated rings. The number of H-pyrrole nitrogens is 1. The van der Waals surface area contributed by atoms with Gasteiger partial charge in [-0.15, -0.1) is 0 Å². The van der Waals surface area contributed by atoms with E-state index >= 15 is 0 Å². The van der Waals surface area contributed by atoms with Crippen molar-refractivity contribution in [1.29, 1.82) is 0 Å². The standard InChI is InChI=1S/C10H10N2O6/c1-4-2-12(10(17)11-8(4)16)9-7(15)6(14)5(3-13)18-9/h2,13-15H,3H2,1H3,(H,11,16,17). The molecular formula is C10H10N2O6. The smallest absolute Gasteiger partial charge is 0.335 e. The maximum atomic E-state index is 11.5. The first-order chi connectivity index (χ1) is 8.45. The first-order valence-corrected chi connectivity index (χ1v) is 4.93. The summed E-state index contributed by atoms with van der Waals surface area (Å²) in [5.74, 6) is -1.99. The van der Waals surface area contributed by atoms with Crippen LogP contribution in [-0.2, 0) is 6.61 Å². The molecular weight excluding hydrogens is 244 g/mol.